The normalized spacial score (nSPS) is 10.2. The number of nitrogens with zero attached hydrogens (tertiary/aromatic N) is 2. The first-order valence-electron chi connectivity index (χ1n) is 4.54. The van der Waals surface area contributed by atoms with E-state index in [1.807, 2.05) is 0 Å². The van der Waals surface area contributed by atoms with Crippen molar-refractivity contribution in [3.05, 3.63) is 11.8 Å². The van der Waals surface area contributed by atoms with Crippen LogP contribution in [0.5, 0.6) is 5.88 Å². The number of unbranched alkanes of at least 4 members (excludes halogenated alkanes) is 2. The fourth-order valence-electron chi connectivity index (χ4n) is 1.19. The van der Waals surface area contributed by atoms with Gasteiger partial charge in [-0.2, -0.15) is 4.98 Å². The maximum Gasteiger partial charge on any atom is 0.223 e. The van der Waals surface area contributed by atoms with Crippen molar-refractivity contribution in [2.75, 3.05) is 5.73 Å². The number of aryl methyl sites for hydroxylation is 1. The summed E-state index contributed by atoms with van der Waals surface area (Å²) in [6.07, 6.45) is 4.28. The number of aromatic nitrogens is 2. The molecule has 1 heterocycles. The van der Waals surface area contributed by atoms with E-state index in [1.165, 1.54) is 12.8 Å². The lowest BCUT2D eigenvalue weighted by molar-refractivity contribution is 0.451. The SMILES string of the molecule is CCCCCc1cc(O)nc(N)n1. The predicted molar refractivity (Wildman–Crippen MR) is 51.3 cm³/mol. The number of nitrogens with two attached hydrogens (primary N) is 1. The first-order valence-corrected chi connectivity index (χ1v) is 4.54. The van der Waals surface area contributed by atoms with E-state index in [2.05, 4.69) is 16.9 Å². The molecule has 0 unspecified atom stereocenters. The van der Waals surface area contributed by atoms with Crippen LogP contribution in [0.3, 0.4) is 0 Å². The summed E-state index contributed by atoms with van der Waals surface area (Å²) in [6.45, 7) is 2.14. The van der Waals surface area contributed by atoms with E-state index in [1.54, 1.807) is 6.07 Å². The molecule has 0 aliphatic rings. The Morgan fingerprint density at radius 2 is 2.15 bits per heavy atom. The van der Waals surface area contributed by atoms with Crippen molar-refractivity contribution in [3.8, 4) is 5.88 Å². The minimum atomic E-state index is -0.0426. The molecule has 0 bridgehead atoms. The van der Waals surface area contributed by atoms with Crippen LogP contribution in [0.25, 0.3) is 0 Å². The highest BCUT2D eigenvalue weighted by atomic mass is 16.3. The average Bonchev–Trinajstić information content (AvgIpc) is 2.03. The van der Waals surface area contributed by atoms with E-state index in [0.717, 1.165) is 18.5 Å². The topological polar surface area (TPSA) is 72.0 Å². The van der Waals surface area contributed by atoms with Crippen LogP contribution >= 0.6 is 0 Å². The van der Waals surface area contributed by atoms with Crippen LogP contribution in [0.1, 0.15) is 31.9 Å². The molecule has 0 fully saturated rings. The van der Waals surface area contributed by atoms with Gasteiger partial charge in [-0.05, 0) is 12.8 Å². The fourth-order valence-corrected chi connectivity index (χ4v) is 1.19. The standard InChI is InChI=1S/C9H15N3O/c1-2-3-4-5-7-6-8(13)12-9(10)11-7/h6H,2-5H2,1H3,(H3,10,11,12,13). The van der Waals surface area contributed by atoms with Crippen molar-refractivity contribution >= 4 is 5.95 Å². The summed E-state index contributed by atoms with van der Waals surface area (Å²) in [5.41, 5.74) is 6.20. The molecule has 0 spiro atoms. The Labute approximate surface area is 77.8 Å². The molecule has 0 saturated carbocycles. The summed E-state index contributed by atoms with van der Waals surface area (Å²) in [6, 6.07) is 1.56. The highest BCUT2D eigenvalue weighted by molar-refractivity contribution is 5.25. The Morgan fingerprint density at radius 3 is 2.77 bits per heavy atom. The van der Waals surface area contributed by atoms with Crippen molar-refractivity contribution in [2.45, 2.75) is 32.6 Å². The third-order valence-electron chi connectivity index (χ3n) is 1.82. The second-order valence-electron chi connectivity index (χ2n) is 3.03. The zero-order valence-electron chi connectivity index (χ0n) is 7.82. The van der Waals surface area contributed by atoms with Crippen LogP contribution in [0.15, 0.2) is 6.07 Å². The highest BCUT2D eigenvalue weighted by Gasteiger charge is 2.00. The molecule has 72 valence electrons. The van der Waals surface area contributed by atoms with Gasteiger partial charge in [-0.3, -0.25) is 0 Å². The van der Waals surface area contributed by atoms with E-state index in [0.29, 0.717) is 0 Å². The monoisotopic (exact) mass is 181 g/mol. The number of hydrogen-bond acceptors (Lipinski definition) is 4. The third-order valence-corrected chi connectivity index (χ3v) is 1.82. The number of nitrogen functional groups attached to an aromatic ring is 1. The summed E-state index contributed by atoms with van der Waals surface area (Å²) in [4.78, 5) is 7.60. The Balaban J connectivity index is 2.56. The Bertz CT molecular complexity index is 255. The Kier molecular flexibility index (Phi) is 3.49. The van der Waals surface area contributed by atoms with Crippen molar-refractivity contribution in [2.24, 2.45) is 0 Å². The van der Waals surface area contributed by atoms with Crippen molar-refractivity contribution in [3.63, 3.8) is 0 Å². The second kappa shape index (κ2) is 4.64. The molecule has 0 atom stereocenters. The van der Waals surface area contributed by atoms with Gasteiger partial charge in [0.15, 0.2) is 0 Å². The molecular weight excluding hydrogens is 166 g/mol. The fraction of sp³-hybridized carbons (Fsp3) is 0.556. The van der Waals surface area contributed by atoms with Crippen LogP contribution < -0.4 is 5.73 Å². The maximum absolute atomic E-state index is 9.12. The van der Waals surface area contributed by atoms with Gasteiger partial charge in [-0.1, -0.05) is 19.8 Å². The van der Waals surface area contributed by atoms with Crippen LogP contribution in [0, 0.1) is 0 Å². The molecule has 3 N–H and O–H groups in total. The summed E-state index contributed by atoms with van der Waals surface area (Å²) < 4.78 is 0. The van der Waals surface area contributed by atoms with Crippen molar-refractivity contribution in [1.82, 2.24) is 9.97 Å². The summed E-state index contributed by atoms with van der Waals surface area (Å²) in [5.74, 6) is 0.102. The molecular formula is C9H15N3O. The van der Waals surface area contributed by atoms with Crippen LogP contribution in [0.2, 0.25) is 0 Å². The first-order chi connectivity index (χ1) is 6.22. The van der Waals surface area contributed by atoms with Crippen LogP contribution in [-0.4, -0.2) is 15.1 Å². The van der Waals surface area contributed by atoms with Crippen LogP contribution in [-0.2, 0) is 6.42 Å². The summed E-state index contributed by atoms with van der Waals surface area (Å²) in [7, 11) is 0. The molecule has 0 radical (unpaired) electrons. The quantitative estimate of drug-likeness (QED) is 0.690. The molecule has 4 heteroatoms. The molecule has 0 aliphatic heterocycles. The average molecular weight is 181 g/mol. The number of rotatable bonds is 4. The first kappa shape index (κ1) is 9.77. The van der Waals surface area contributed by atoms with Gasteiger partial charge in [0.25, 0.3) is 0 Å². The van der Waals surface area contributed by atoms with Gasteiger partial charge in [0, 0.05) is 11.8 Å². The number of anilines is 1. The van der Waals surface area contributed by atoms with Crippen molar-refractivity contribution in [1.29, 1.82) is 0 Å². The number of hydrogen-bond donors (Lipinski definition) is 2. The van der Waals surface area contributed by atoms with Gasteiger partial charge in [0.2, 0.25) is 11.8 Å². The van der Waals surface area contributed by atoms with E-state index in [9.17, 15) is 0 Å². The summed E-state index contributed by atoms with van der Waals surface area (Å²) in [5, 5.41) is 9.12. The minimum absolute atomic E-state index is 0.0426. The molecule has 0 amide bonds. The lowest BCUT2D eigenvalue weighted by Gasteiger charge is -2.01. The third kappa shape index (κ3) is 3.27. The maximum atomic E-state index is 9.12. The predicted octanol–water partition coefficient (Wildman–Crippen LogP) is 1.50. The van der Waals surface area contributed by atoms with Gasteiger partial charge in [-0.15, -0.1) is 0 Å². The lowest BCUT2D eigenvalue weighted by atomic mass is 10.1. The van der Waals surface area contributed by atoms with Gasteiger partial charge < -0.3 is 10.8 Å². The molecule has 0 aliphatic carbocycles. The molecule has 1 rings (SSSR count). The molecule has 0 saturated heterocycles. The number of aromatic hydroxyl groups is 1. The minimum Gasteiger partial charge on any atom is -0.493 e. The highest BCUT2D eigenvalue weighted by Crippen LogP contribution is 2.11. The molecule has 0 aromatic carbocycles. The zero-order chi connectivity index (χ0) is 9.68. The second-order valence-corrected chi connectivity index (χ2v) is 3.03. The van der Waals surface area contributed by atoms with E-state index in [-0.39, 0.29) is 11.8 Å². The zero-order valence-corrected chi connectivity index (χ0v) is 7.82. The smallest absolute Gasteiger partial charge is 0.223 e. The van der Waals surface area contributed by atoms with Gasteiger partial charge in [0.05, 0.1) is 0 Å². The van der Waals surface area contributed by atoms with Gasteiger partial charge >= 0.3 is 0 Å². The van der Waals surface area contributed by atoms with E-state index >= 15 is 0 Å². The molecule has 1 aromatic heterocycles. The van der Waals surface area contributed by atoms with E-state index < -0.39 is 0 Å². The Hall–Kier alpha value is -1.32. The Morgan fingerprint density at radius 1 is 1.38 bits per heavy atom. The van der Waals surface area contributed by atoms with E-state index in [4.69, 9.17) is 10.8 Å². The molecule has 1 aromatic rings. The largest absolute Gasteiger partial charge is 0.493 e. The summed E-state index contributed by atoms with van der Waals surface area (Å²) >= 11 is 0. The van der Waals surface area contributed by atoms with Gasteiger partial charge in [0.1, 0.15) is 0 Å². The van der Waals surface area contributed by atoms with Gasteiger partial charge in [-0.25, -0.2) is 4.98 Å². The van der Waals surface area contributed by atoms with Crippen LogP contribution in [0.4, 0.5) is 5.95 Å². The molecule has 4 nitrogen and oxygen atoms in total. The van der Waals surface area contributed by atoms with Crippen molar-refractivity contribution < 1.29 is 5.11 Å². The lowest BCUT2D eigenvalue weighted by Crippen LogP contribution is -1.98. The molecule has 13 heavy (non-hydrogen) atoms.